The first-order valence-corrected chi connectivity index (χ1v) is 5.96. The molecule has 0 bridgehead atoms. The maximum absolute atomic E-state index is 9.90. The van der Waals surface area contributed by atoms with Crippen LogP contribution in [0.15, 0.2) is 21.3 Å². The van der Waals surface area contributed by atoms with Crippen LogP contribution in [0.3, 0.4) is 0 Å². The summed E-state index contributed by atoms with van der Waals surface area (Å²) in [6, 6.07) is 0. The maximum Gasteiger partial charge on any atom is 0.108 e. The van der Waals surface area contributed by atoms with E-state index in [1.165, 1.54) is 0 Å². The van der Waals surface area contributed by atoms with Gasteiger partial charge in [0.1, 0.15) is 6.10 Å². The summed E-state index contributed by atoms with van der Waals surface area (Å²) >= 11 is 6.57. The van der Waals surface area contributed by atoms with E-state index >= 15 is 0 Å². The minimum Gasteiger partial charge on any atom is -0.389 e. The Kier molecular flexibility index (Phi) is 5.14. The van der Waals surface area contributed by atoms with Crippen LogP contribution in [-0.2, 0) is 0 Å². The Balaban J connectivity index is 2.94. The van der Waals surface area contributed by atoms with Gasteiger partial charge in [-0.3, -0.25) is 4.98 Å². The summed E-state index contributed by atoms with van der Waals surface area (Å²) < 4.78 is 1.33. The Hall–Kier alpha value is -0.0100. The quantitative estimate of drug-likeness (QED) is 0.771. The molecule has 3 N–H and O–H groups in total. The zero-order valence-electron chi connectivity index (χ0n) is 8.11. The van der Waals surface area contributed by atoms with Gasteiger partial charge in [0.15, 0.2) is 0 Å². The Morgan fingerprint density at radius 3 is 2.33 bits per heavy atom. The molecule has 0 aromatic carbocycles. The first-order chi connectivity index (χ1) is 7.07. The normalized spacial score (nSPS) is 15.0. The lowest BCUT2D eigenvalue weighted by Crippen LogP contribution is -2.30. The molecular weight excluding hydrogens is 328 g/mol. The number of aromatic nitrogens is 1. The highest BCUT2D eigenvalue weighted by atomic mass is 79.9. The van der Waals surface area contributed by atoms with Crippen LogP contribution in [-0.4, -0.2) is 34.9 Å². The highest BCUT2D eigenvalue weighted by Gasteiger charge is 2.22. The van der Waals surface area contributed by atoms with E-state index in [1.807, 2.05) is 0 Å². The number of nitrogens with one attached hydrogen (secondary N) is 1. The number of nitrogens with zero attached hydrogens (tertiary/aromatic N) is 1. The lowest BCUT2D eigenvalue weighted by Gasteiger charge is -2.19. The molecule has 0 amide bonds. The van der Waals surface area contributed by atoms with Gasteiger partial charge in [0.2, 0.25) is 0 Å². The van der Waals surface area contributed by atoms with Crippen LogP contribution in [0.25, 0.3) is 0 Å². The zero-order chi connectivity index (χ0) is 11.4. The van der Waals surface area contributed by atoms with Gasteiger partial charge in [-0.05, 0) is 38.9 Å². The SMILES string of the molecule is CNCC(O)C(O)c1c(Br)cncc1Br. The third-order valence-electron chi connectivity index (χ3n) is 1.96. The molecule has 0 fully saturated rings. The zero-order valence-corrected chi connectivity index (χ0v) is 11.3. The monoisotopic (exact) mass is 338 g/mol. The maximum atomic E-state index is 9.90. The molecule has 2 atom stereocenters. The van der Waals surface area contributed by atoms with Crippen LogP contribution in [0.2, 0.25) is 0 Å². The third kappa shape index (κ3) is 3.22. The van der Waals surface area contributed by atoms with Crippen molar-refractivity contribution in [1.82, 2.24) is 10.3 Å². The summed E-state index contributed by atoms with van der Waals surface area (Å²) in [7, 11) is 1.71. The van der Waals surface area contributed by atoms with Crippen LogP contribution in [0, 0.1) is 0 Å². The predicted octanol–water partition coefficient (Wildman–Crippen LogP) is 1.22. The van der Waals surface area contributed by atoms with Crippen molar-refractivity contribution in [3.8, 4) is 0 Å². The molecule has 0 aliphatic carbocycles. The van der Waals surface area contributed by atoms with Crippen molar-refractivity contribution in [3.05, 3.63) is 26.9 Å². The first kappa shape index (κ1) is 13.1. The number of likely N-dealkylation sites (N-methyl/N-ethyl adjacent to an activating group) is 1. The number of aliphatic hydroxyl groups is 2. The standard InChI is InChI=1S/C9H12Br2N2O2/c1-12-4-7(14)9(15)8-5(10)2-13-3-6(8)11/h2-3,7,9,12,14-15H,4H2,1H3. The molecule has 2 unspecified atom stereocenters. The molecule has 4 nitrogen and oxygen atoms in total. The number of hydrogen-bond acceptors (Lipinski definition) is 4. The van der Waals surface area contributed by atoms with E-state index in [4.69, 9.17) is 0 Å². The van der Waals surface area contributed by atoms with Gasteiger partial charge in [-0.25, -0.2) is 0 Å². The summed E-state index contributed by atoms with van der Waals surface area (Å²) in [6.45, 7) is 0.322. The number of hydrogen-bond donors (Lipinski definition) is 3. The van der Waals surface area contributed by atoms with Gasteiger partial charge in [0.05, 0.1) is 6.10 Å². The summed E-state index contributed by atoms with van der Waals surface area (Å²) in [5.41, 5.74) is 0.604. The minimum atomic E-state index is -0.954. The third-order valence-corrected chi connectivity index (χ3v) is 3.23. The molecule has 6 heteroatoms. The molecule has 1 aromatic rings. The van der Waals surface area contributed by atoms with Gasteiger partial charge in [-0.15, -0.1) is 0 Å². The molecule has 0 aliphatic heterocycles. The van der Waals surface area contributed by atoms with Crippen molar-refractivity contribution >= 4 is 31.9 Å². The average molecular weight is 340 g/mol. The minimum absolute atomic E-state index is 0.322. The van der Waals surface area contributed by atoms with Gasteiger partial charge >= 0.3 is 0 Å². The van der Waals surface area contributed by atoms with Gasteiger partial charge in [0.25, 0.3) is 0 Å². The molecule has 0 spiro atoms. The highest BCUT2D eigenvalue weighted by molar-refractivity contribution is 9.11. The van der Waals surface area contributed by atoms with E-state index < -0.39 is 12.2 Å². The summed E-state index contributed by atoms with van der Waals surface area (Å²) in [5, 5.41) is 22.4. The largest absolute Gasteiger partial charge is 0.389 e. The molecule has 1 rings (SSSR count). The lowest BCUT2D eigenvalue weighted by atomic mass is 10.1. The summed E-state index contributed by atoms with van der Waals surface area (Å²) in [6.07, 6.45) is 1.35. The second-order valence-corrected chi connectivity index (χ2v) is 4.80. The molecular formula is C9H12Br2N2O2. The molecule has 0 aliphatic rings. The van der Waals surface area contributed by atoms with Gasteiger partial charge in [-0.2, -0.15) is 0 Å². The van der Waals surface area contributed by atoms with Crippen molar-refractivity contribution in [3.63, 3.8) is 0 Å². The number of rotatable bonds is 4. The molecule has 1 aromatic heterocycles. The van der Waals surface area contributed by atoms with E-state index in [-0.39, 0.29) is 0 Å². The number of pyridine rings is 1. The fraction of sp³-hybridized carbons (Fsp3) is 0.444. The highest BCUT2D eigenvalue weighted by Crippen LogP contribution is 2.31. The fourth-order valence-corrected chi connectivity index (χ4v) is 2.62. The predicted molar refractivity (Wildman–Crippen MR) is 64.5 cm³/mol. The number of halogens is 2. The summed E-state index contributed by atoms with van der Waals surface area (Å²) in [5.74, 6) is 0. The van der Waals surface area contributed by atoms with Crippen LogP contribution in [0.4, 0.5) is 0 Å². The Morgan fingerprint density at radius 1 is 1.33 bits per heavy atom. The molecule has 1 heterocycles. The Labute approximate surface area is 105 Å². The van der Waals surface area contributed by atoms with Crippen molar-refractivity contribution in [2.45, 2.75) is 12.2 Å². The van der Waals surface area contributed by atoms with Crippen LogP contribution in [0.5, 0.6) is 0 Å². The van der Waals surface area contributed by atoms with Crippen molar-refractivity contribution in [2.24, 2.45) is 0 Å². The molecule has 0 saturated heterocycles. The Bertz CT molecular complexity index is 316. The molecule has 0 saturated carbocycles. The van der Waals surface area contributed by atoms with Gasteiger partial charge in [-0.1, -0.05) is 0 Å². The van der Waals surface area contributed by atoms with E-state index in [0.29, 0.717) is 21.1 Å². The fourth-order valence-electron chi connectivity index (χ4n) is 1.22. The average Bonchev–Trinajstić information content (AvgIpc) is 2.17. The molecule has 84 valence electrons. The van der Waals surface area contributed by atoms with Crippen molar-refractivity contribution in [1.29, 1.82) is 0 Å². The van der Waals surface area contributed by atoms with Crippen LogP contribution >= 0.6 is 31.9 Å². The molecule has 15 heavy (non-hydrogen) atoms. The van der Waals surface area contributed by atoms with E-state index in [9.17, 15) is 10.2 Å². The van der Waals surface area contributed by atoms with Crippen LogP contribution < -0.4 is 5.32 Å². The van der Waals surface area contributed by atoms with Gasteiger partial charge in [0, 0.05) is 33.4 Å². The topological polar surface area (TPSA) is 65.4 Å². The summed E-state index contributed by atoms with van der Waals surface area (Å²) in [4.78, 5) is 3.93. The Morgan fingerprint density at radius 2 is 1.87 bits per heavy atom. The van der Waals surface area contributed by atoms with Crippen LogP contribution in [0.1, 0.15) is 11.7 Å². The number of aliphatic hydroxyl groups excluding tert-OH is 2. The molecule has 0 radical (unpaired) electrons. The second-order valence-electron chi connectivity index (χ2n) is 3.09. The second kappa shape index (κ2) is 5.91. The van der Waals surface area contributed by atoms with Gasteiger partial charge < -0.3 is 15.5 Å². The smallest absolute Gasteiger partial charge is 0.108 e. The van der Waals surface area contributed by atoms with E-state index in [0.717, 1.165) is 0 Å². The van der Waals surface area contributed by atoms with E-state index in [1.54, 1.807) is 19.4 Å². The van der Waals surface area contributed by atoms with Crippen molar-refractivity contribution in [2.75, 3.05) is 13.6 Å². The lowest BCUT2D eigenvalue weighted by molar-refractivity contribution is 0.0193. The van der Waals surface area contributed by atoms with Crippen molar-refractivity contribution < 1.29 is 10.2 Å². The van der Waals surface area contributed by atoms with E-state index in [2.05, 4.69) is 42.2 Å². The first-order valence-electron chi connectivity index (χ1n) is 4.37.